The minimum absolute atomic E-state index is 0.0845. The minimum Gasteiger partial charge on any atom is -0.385 e. The molecular weight excluding hydrogens is 360 g/mol. The third kappa shape index (κ3) is 4.75. The minimum atomic E-state index is -0.0845. The predicted molar refractivity (Wildman–Crippen MR) is 112 cm³/mol. The van der Waals surface area contributed by atoms with Gasteiger partial charge >= 0.3 is 0 Å². The SMILES string of the molecule is COCCCn1c(N/N=C\c2ccc(SC)cc2)nc2ccccc2c1=O. The van der Waals surface area contributed by atoms with Crippen molar-refractivity contribution in [2.75, 3.05) is 25.4 Å². The number of rotatable bonds is 8. The predicted octanol–water partition coefficient (Wildman–Crippen LogP) is 3.60. The maximum Gasteiger partial charge on any atom is 0.262 e. The van der Waals surface area contributed by atoms with Gasteiger partial charge in [-0.3, -0.25) is 9.36 Å². The van der Waals surface area contributed by atoms with Crippen LogP contribution in [0.1, 0.15) is 12.0 Å². The van der Waals surface area contributed by atoms with E-state index in [9.17, 15) is 4.79 Å². The van der Waals surface area contributed by atoms with Gasteiger partial charge in [0.25, 0.3) is 5.56 Å². The van der Waals surface area contributed by atoms with Gasteiger partial charge in [0.15, 0.2) is 0 Å². The van der Waals surface area contributed by atoms with Gasteiger partial charge in [0, 0.05) is 25.2 Å². The number of hydrogen-bond donors (Lipinski definition) is 1. The molecule has 0 atom stereocenters. The van der Waals surface area contributed by atoms with E-state index in [1.807, 2.05) is 48.7 Å². The molecule has 0 saturated carbocycles. The van der Waals surface area contributed by atoms with Crippen molar-refractivity contribution in [1.29, 1.82) is 0 Å². The molecule has 6 nitrogen and oxygen atoms in total. The number of hydrogen-bond acceptors (Lipinski definition) is 6. The van der Waals surface area contributed by atoms with Crippen LogP contribution in [0.2, 0.25) is 0 Å². The summed E-state index contributed by atoms with van der Waals surface area (Å²) in [6, 6.07) is 15.4. The lowest BCUT2D eigenvalue weighted by atomic mass is 10.2. The summed E-state index contributed by atoms with van der Waals surface area (Å²) in [5.41, 5.74) is 4.45. The Morgan fingerprint density at radius 1 is 1.22 bits per heavy atom. The molecule has 1 heterocycles. The van der Waals surface area contributed by atoms with Crippen molar-refractivity contribution in [2.45, 2.75) is 17.9 Å². The molecule has 3 aromatic rings. The molecule has 0 amide bonds. The number of para-hydroxylation sites is 1. The number of nitrogens with one attached hydrogen (secondary N) is 1. The number of benzene rings is 2. The average Bonchev–Trinajstić information content (AvgIpc) is 2.71. The number of fused-ring (bicyclic) bond motifs is 1. The standard InChI is InChI=1S/C20H22N4O2S/c1-26-13-5-12-24-19(25)17-6-3-4-7-18(17)22-20(24)23-21-14-15-8-10-16(27-2)11-9-15/h3-4,6-11,14H,5,12-13H2,1-2H3,(H,22,23)/b21-14-. The van der Waals surface area contributed by atoms with Crippen LogP contribution < -0.4 is 11.0 Å². The van der Waals surface area contributed by atoms with E-state index in [-0.39, 0.29) is 5.56 Å². The molecular formula is C20H22N4O2S. The third-order valence-corrected chi connectivity index (χ3v) is 4.83. The Morgan fingerprint density at radius 3 is 2.74 bits per heavy atom. The molecule has 0 radical (unpaired) electrons. The lowest BCUT2D eigenvalue weighted by Crippen LogP contribution is -2.24. The number of nitrogens with zero attached hydrogens (tertiary/aromatic N) is 3. The maximum atomic E-state index is 12.8. The number of thioether (sulfide) groups is 1. The van der Waals surface area contributed by atoms with Gasteiger partial charge in [-0.05, 0) is 42.5 Å². The van der Waals surface area contributed by atoms with Crippen molar-refractivity contribution in [3.8, 4) is 0 Å². The van der Waals surface area contributed by atoms with Crippen LogP contribution in [-0.2, 0) is 11.3 Å². The van der Waals surface area contributed by atoms with Crippen LogP contribution in [0.5, 0.6) is 0 Å². The molecule has 2 aromatic carbocycles. The van der Waals surface area contributed by atoms with Crippen LogP contribution >= 0.6 is 11.8 Å². The number of ether oxygens (including phenoxy) is 1. The van der Waals surface area contributed by atoms with Crippen LogP contribution in [0, 0.1) is 0 Å². The molecule has 140 valence electrons. The summed E-state index contributed by atoms with van der Waals surface area (Å²) in [7, 11) is 1.65. The maximum absolute atomic E-state index is 12.8. The fraction of sp³-hybridized carbons (Fsp3) is 0.250. The lowest BCUT2D eigenvalue weighted by Gasteiger charge is -2.12. The van der Waals surface area contributed by atoms with Gasteiger partial charge < -0.3 is 4.74 Å². The smallest absolute Gasteiger partial charge is 0.262 e. The normalized spacial score (nSPS) is 11.3. The summed E-state index contributed by atoms with van der Waals surface area (Å²) >= 11 is 1.69. The highest BCUT2D eigenvalue weighted by Gasteiger charge is 2.10. The highest BCUT2D eigenvalue weighted by Crippen LogP contribution is 2.14. The number of hydrazone groups is 1. The molecule has 0 bridgehead atoms. The zero-order valence-electron chi connectivity index (χ0n) is 15.4. The molecule has 0 fully saturated rings. The molecule has 0 spiro atoms. The van der Waals surface area contributed by atoms with E-state index in [1.165, 1.54) is 4.90 Å². The van der Waals surface area contributed by atoms with Gasteiger partial charge in [0.1, 0.15) is 0 Å². The highest BCUT2D eigenvalue weighted by atomic mass is 32.2. The zero-order valence-corrected chi connectivity index (χ0v) is 16.2. The first-order valence-electron chi connectivity index (χ1n) is 8.64. The van der Waals surface area contributed by atoms with E-state index in [0.29, 0.717) is 36.4 Å². The summed E-state index contributed by atoms with van der Waals surface area (Å²) in [6.45, 7) is 1.08. The Hall–Kier alpha value is -2.64. The molecule has 1 aromatic heterocycles. The fourth-order valence-corrected chi connectivity index (χ4v) is 3.09. The first kappa shape index (κ1) is 19.1. The second kappa shape index (κ2) is 9.34. The average molecular weight is 382 g/mol. The van der Waals surface area contributed by atoms with Crippen molar-refractivity contribution in [2.24, 2.45) is 5.10 Å². The molecule has 0 aliphatic rings. The summed E-state index contributed by atoms with van der Waals surface area (Å²) in [5.74, 6) is 0.423. The first-order valence-corrected chi connectivity index (χ1v) is 9.87. The van der Waals surface area contributed by atoms with Gasteiger partial charge in [-0.15, -0.1) is 11.8 Å². The topological polar surface area (TPSA) is 68.5 Å². The van der Waals surface area contributed by atoms with Crippen LogP contribution in [0.15, 0.2) is 63.3 Å². The van der Waals surface area contributed by atoms with E-state index in [4.69, 9.17) is 4.74 Å². The second-order valence-corrected chi connectivity index (χ2v) is 6.78. The molecule has 27 heavy (non-hydrogen) atoms. The zero-order chi connectivity index (χ0) is 19.1. The van der Waals surface area contributed by atoms with Crippen molar-refractivity contribution < 1.29 is 4.74 Å². The van der Waals surface area contributed by atoms with Crippen LogP contribution in [-0.4, -0.2) is 35.7 Å². The van der Waals surface area contributed by atoms with Crippen LogP contribution in [0.25, 0.3) is 10.9 Å². The Morgan fingerprint density at radius 2 is 2.00 bits per heavy atom. The molecule has 0 unspecified atom stereocenters. The summed E-state index contributed by atoms with van der Waals surface area (Å²) in [4.78, 5) is 18.6. The molecule has 1 N–H and O–H groups in total. The van der Waals surface area contributed by atoms with Gasteiger partial charge in [0.05, 0.1) is 17.1 Å². The fourth-order valence-electron chi connectivity index (χ4n) is 2.68. The van der Waals surface area contributed by atoms with E-state index in [2.05, 4.69) is 15.5 Å². The number of aromatic nitrogens is 2. The summed E-state index contributed by atoms with van der Waals surface area (Å²) in [5, 5.41) is 4.86. The van der Waals surface area contributed by atoms with Gasteiger partial charge in [0.2, 0.25) is 5.95 Å². The Balaban J connectivity index is 1.87. The molecule has 7 heteroatoms. The summed E-state index contributed by atoms with van der Waals surface area (Å²) < 4.78 is 6.71. The van der Waals surface area contributed by atoms with Gasteiger partial charge in [-0.1, -0.05) is 24.3 Å². The van der Waals surface area contributed by atoms with E-state index in [0.717, 1.165) is 5.56 Å². The number of anilines is 1. The van der Waals surface area contributed by atoms with Gasteiger partial charge in [-0.25, -0.2) is 10.4 Å². The van der Waals surface area contributed by atoms with Gasteiger partial charge in [-0.2, -0.15) is 5.10 Å². The highest BCUT2D eigenvalue weighted by molar-refractivity contribution is 7.98. The van der Waals surface area contributed by atoms with Crippen LogP contribution in [0.3, 0.4) is 0 Å². The van der Waals surface area contributed by atoms with Crippen molar-refractivity contribution in [1.82, 2.24) is 9.55 Å². The first-order chi connectivity index (χ1) is 13.2. The molecule has 0 saturated heterocycles. The van der Waals surface area contributed by atoms with Crippen molar-refractivity contribution in [3.05, 3.63) is 64.4 Å². The Labute approximate surface area is 162 Å². The third-order valence-electron chi connectivity index (χ3n) is 4.09. The Bertz CT molecular complexity index is 983. The quantitative estimate of drug-likeness (QED) is 0.279. The lowest BCUT2D eigenvalue weighted by molar-refractivity contribution is 0.190. The monoisotopic (exact) mass is 382 g/mol. The molecule has 0 aliphatic heterocycles. The number of methoxy groups -OCH3 is 1. The Kier molecular flexibility index (Phi) is 6.62. The summed E-state index contributed by atoms with van der Waals surface area (Å²) in [6.07, 6.45) is 4.47. The largest absolute Gasteiger partial charge is 0.385 e. The van der Waals surface area contributed by atoms with E-state index in [1.54, 1.807) is 35.7 Å². The van der Waals surface area contributed by atoms with E-state index >= 15 is 0 Å². The van der Waals surface area contributed by atoms with Crippen molar-refractivity contribution in [3.63, 3.8) is 0 Å². The molecule has 0 aliphatic carbocycles. The van der Waals surface area contributed by atoms with E-state index < -0.39 is 0 Å². The van der Waals surface area contributed by atoms with Crippen LogP contribution in [0.4, 0.5) is 5.95 Å². The second-order valence-electron chi connectivity index (χ2n) is 5.90. The molecule has 3 rings (SSSR count). The van der Waals surface area contributed by atoms with Crippen molar-refractivity contribution >= 4 is 34.8 Å².